The van der Waals surface area contributed by atoms with Crippen molar-refractivity contribution in [2.75, 3.05) is 18.1 Å². The van der Waals surface area contributed by atoms with E-state index in [2.05, 4.69) is 26.2 Å². The number of hydroxylamine groups is 4. The number of tetrazole rings is 1. The number of amides is 4. The molecule has 6 heterocycles. The average Bonchev–Trinajstić information content (AvgIpc) is 3.17. The van der Waals surface area contributed by atoms with Crippen molar-refractivity contribution in [2.24, 2.45) is 7.05 Å². The molecule has 1 aromatic carbocycles. The molecule has 18 heteroatoms. The summed E-state index contributed by atoms with van der Waals surface area (Å²) in [6.07, 6.45) is 0.0747. The van der Waals surface area contributed by atoms with Gasteiger partial charge in [-0.2, -0.15) is 9.63 Å². The summed E-state index contributed by atoms with van der Waals surface area (Å²) in [7, 11) is 1.67. The predicted octanol–water partition coefficient (Wildman–Crippen LogP) is -0.581. The van der Waals surface area contributed by atoms with Gasteiger partial charge in [0.25, 0.3) is 17.5 Å². The Morgan fingerprint density at radius 3 is 2.88 bits per heavy atom. The molecule has 2 bridgehead atoms. The number of fused-ring (bicyclic) bond motifs is 4. The number of aliphatic carboxylic acids is 1. The van der Waals surface area contributed by atoms with Gasteiger partial charge in [0, 0.05) is 24.1 Å². The minimum Gasteiger partial charge on any atom is -0.477 e. The molecule has 4 amide bonds. The van der Waals surface area contributed by atoms with Crippen LogP contribution in [0.5, 0.6) is 5.75 Å². The van der Waals surface area contributed by atoms with E-state index in [-0.39, 0.29) is 11.4 Å². The molecule has 2 aromatic rings. The number of aryl methyl sites for hydroxylation is 1. The molecule has 0 radical (unpaired) electrons. The van der Waals surface area contributed by atoms with E-state index >= 15 is 0 Å². The third kappa shape index (κ3) is 3.63. The van der Waals surface area contributed by atoms with Gasteiger partial charge in [0.15, 0.2) is 0 Å². The van der Waals surface area contributed by atoms with Crippen LogP contribution in [-0.4, -0.2) is 94.6 Å². The van der Waals surface area contributed by atoms with Crippen LogP contribution in [0.3, 0.4) is 0 Å². The normalized spacial score (nSPS) is 31.2. The number of benzene rings is 1. The van der Waals surface area contributed by atoms with E-state index in [1.807, 2.05) is 0 Å². The number of ether oxygens (including phenoxy) is 1. The molecule has 5 aliphatic rings. The van der Waals surface area contributed by atoms with Gasteiger partial charge >= 0.3 is 18.2 Å². The van der Waals surface area contributed by atoms with Gasteiger partial charge in [-0.25, -0.2) is 14.8 Å². The van der Waals surface area contributed by atoms with Crippen molar-refractivity contribution in [3.8, 4) is 5.75 Å². The van der Waals surface area contributed by atoms with Crippen LogP contribution in [0.15, 0.2) is 40.7 Å². The van der Waals surface area contributed by atoms with Crippen molar-refractivity contribution >= 4 is 47.3 Å². The molecule has 1 aromatic heterocycles. The maximum absolute atomic E-state index is 13.8. The number of carbonyl (C=O) groups is 4. The highest BCUT2D eigenvalue weighted by molar-refractivity contribution is 8.01. The zero-order valence-corrected chi connectivity index (χ0v) is 22.3. The van der Waals surface area contributed by atoms with Gasteiger partial charge < -0.3 is 15.2 Å². The number of carboxylic acids is 1. The first-order valence-electron chi connectivity index (χ1n) is 12.1. The fourth-order valence-corrected chi connectivity index (χ4v) is 7.46. The van der Waals surface area contributed by atoms with Gasteiger partial charge in [-0.05, 0) is 28.1 Å². The second-order valence-corrected chi connectivity index (χ2v) is 11.6. The molecule has 3 fully saturated rings. The first-order valence-corrected chi connectivity index (χ1v) is 14.2. The highest BCUT2D eigenvalue weighted by Crippen LogP contribution is 2.45. The predicted molar refractivity (Wildman–Crippen MR) is 132 cm³/mol. The molecule has 16 nitrogen and oxygen atoms in total. The lowest BCUT2D eigenvalue weighted by molar-refractivity contribution is -1.03. The summed E-state index contributed by atoms with van der Waals surface area (Å²) in [6.45, 7) is 0.326. The SMILES string of the molecule is Cn1nnnc1SCC1=C(C(=O)O)N2C(=O)C(NC(=O)C3(NC(=O)[N+]45OCCC4O5)Oc4cccc3c4)[C@@H]2SC1. The van der Waals surface area contributed by atoms with Crippen molar-refractivity contribution in [2.45, 2.75) is 34.9 Å². The van der Waals surface area contributed by atoms with Crippen LogP contribution in [0.4, 0.5) is 4.79 Å². The third-order valence-corrected chi connectivity index (χ3v) is 9.59. The van der Waals surface area contributed by atoms with E-state index < -0.39 is 52.0 Å². The number of β-lactam (4-membered cyclic amide) rings is 1. The second-order valence-electron chi connectivity index (χ2n) is 9.51. The molecule has 7 rings (SSSR count). The van der Waals surface area contributed by atoms with Gasteiger partial charge in [0.05, 0.1) is 11.2 Å². The maximum Gasteiger partial charge on any atom is 0.489 e. The highest BCUT2D eigenvalue weighted by atomic mass is 32.2. The van der Waals surface area contributed by atoms with E-state index in [0.29, 0.717) is 40.8 Å². The Balaban J connectivity index is 1.10. The monoisotopic (exact) mass is 589 g/mol. The molecular weight excluding hydrogens is 568 g/mol. The smallest absolute Gasteiger partial charge is 0.477 e. The standard InChI is InChI=1S/C22H20N8O8S2/c1-28-20(25-26-27-28)40-9-10-8-39-17-14(16(31)29(17)15(10)18(32)33)23-19(34)22(11-3-2-4-12(7-11)37-22)24-21(35)30-13(38-30)5-6-36-30/h2-4,7,13-14,17H,5-6,8-9H2,1H3,(H2-,23,24,32,33,34,35)/p+1/t13?,14?,17-,22?,30?/m0/s1. The molecular formula is C22H21N8O8S2+. The van der Waals surface area contributed by atoms with Crippen LogP contribution >= 0.6 is 23.5 Å². The Morgan fingerprint density at radius 2 is 2.20 bits per heavy atom. The Labute approximate surface area is 233 Å². The fraction of sp³-hybridized carbons (Fsp3) is 0.409. The van der Waals surface area contributed by atoms with Crippen LogP contribution in [0.1, 0.15) is 12.0 Å². The van der Waals surface area contributed by atoms with E-state index in [4.69, 9.17) is 14.4 Å². The first kappa shape index (κ1) is 25.3. The van der Waals surface area contributed by atoms with Crippen LogP contribution < -0.4 is 15.4 Å². The summed E-state index contributed by atoms with van der Waals surface area (Å²) in [5, 5.41) is 26.3. The summed E-state index contributed by atoms with van der Waals surface area (Å²) in [5.41, 5.74) is -1.20. The molecule has 3 saturated heterocycles. The van der Waals surface area contributed by atoms with Crippen molar-refractivity contribution in [1.29, 1.82) is 0 Å². The average molecular weight is 590 g/mol. The van der Waals surface area contributed by atoms with Crippen LogP contribution in [0.25, 0.3) is 0 Å². The van der Waals surface area contributed by atoms with Crippen molar-refractivity contribution < 1.29 is 43.5 Å². The summed E-state index contributed by atoms with van der Waals surface area (Å²) in [4.78, 5) is 63.7. The number of rotatable bonds is 7. The Hall–Kier alpha value is -3.71. The lowest BCUT2D eigenvalue weighted by Gasteiger charge is -2.50. The molecule has 5 aliphatic heterocycles. The number of thioether (sulfide) groups is 2. The molecule has 0 aliphatic carbocycles. The molecule has 4 unspecified atom stereocenters. The Morgan fingerprint density at radius 1 is 1.35 bits per heavy atom. The van der Waals surface area contributed by atoms with E-state index in [1.54, 1.807) is 31.3 Å². The zero-order chi connectivity index (χ0) is 27.8. The van der Waals surface area contributed by atoms with Gasteiger partial charge in [-0.3, -0.25) is 14.5 Å². The number of aromatic nitrogens is 4. The summed E-state index contributed by atoms with van der Waals surface area (Å²) < 4.78 is 7.37. The molecule has 40 heavy (non-hydrogen) atoms. The Bertz CT molecular complexity index is 1520. The fourth-order valence-electron chi connectivity index (χ4n) is 5.12. The second kappa shape index (κ2) is 8.90. The topological polar surface area (TPSA) is 190 Å². The van der Waals surface area contributed by atoms with Crippen molar-refractivity contribution in [1.82, 2.24) is 35.7 Å². The molecule has 5 atom stereocenters. The number of nitrogens with one attached hydrogen (secondary N) is 2. The number of hydrogen-bond acceptors (Lipinski definition) is 12. The summed E-state index contributed by atoms with van der Waals surface area (Å²) in [6, 6.07) is 4.78. The lowest BCUT2D eigenvalue weighted by Crippen LogP contribution is -2.73. The van der Waals surface area contributed by atoms with Gasteiger partial charge in [-0.15, -0.1) is 16.9 Å². The number of carbonyl (C=O) groups excluding carboxylic acids is 3. The van der Waals surface area contributed by atoms with Crippen molar-refractivity contribution in [3.05, 3.63) is 41.1 Å². The zero-order valence-electron chi connectivity index (χ0n) is 20.7. The molecule has 0 saturated carbocycles. The van der Waals surface area contributed by atoms with E-state index in [0.717, 1.165) is 0 Å². The minimum absolute atomic E-state index is 0.125. The maximum atomic E-state index is 13.8. The van der Waals surface area contributed by atoms with E-state index in [9.17, 15) is 24.3 Å². The summed E-state index contributed by atoms with van der Waals surface area (Å²) >= 11 is 2.58. The van der Waals surface area contributed by atoms with Crippen LogP contribution in [0, 0.1) is 0 Å². The molecule has 208 valence electrons. The van der Waals surface area contributed by atoms with Gasteiger partial charge in [-0.1, -0.05) is 28.7 Å². The number of nitrogens with zero attached hydrogens (tertiary/aromatic N) is 6. The van der Waals surface area contributed by atoms with Crippen LogP contribution in [-0.2, 0) is 36.8 Å². The number of hydrogen-bond donors (Lipinski definition) is 3. The van der Waals surface area contributed by atoms with Crippen molar-refractivity contribution in [3.63, 3.8) is 0 Å². The molecule has 0 spiro atoms. The van der Waals surface area contributed by atoms with Gasteiger partial charge in [0.1, 0.15) is 29.5 Å². The first-order chi connectivity index (χ1) is 19.2. The van der Waals surface area contributed by atoms with Crippen LogP contribution in [0.2, 0.25) is 0 Å². The third-order valence-electron chi connectivity index (χ3n) is 7.15. The highest BCUT2D eigenvalue weighted by Gasteiger charge is 2.74. The number of carboxylic acid groups (broad SMARTS) is 1. The van der Waals surface area contributed by atoms with E-state index in [1.165, 1.54) is 33.1 Å². The summed E-state index contributed by atoms with van der Waals surface area (Å²) in [5.74, 6) is -1.69. The number of quaternary nitrogens is 1. The number of urea groups is 1. The molecule has 3 N–H and O–H groups in total. The minimum atomic E-state index is -1.97. The lowest BCUT2D eigenvalue weighted by atomic mass is 10.00. The quantitative estimate of drug-likeness (QED) is 0.161. The Kier molecular flexibility index (Phi) is 5.62. The van der Waals surface area contributed by atoms with Gasteiger partial charge in [0.2, 0.25) is 5.16 Å². The largest absolute Gasteiger partial charge is 0.489 e.